The third-order valence-corrected chi connectivity index (χ3v) is 3.54. The lowest BCUT2D eigenvalue weighted by molar-refractivity contribution is 0.171. The molecule has 0 spiro atoms. The number of aliphatic hydroxyl groups excluding tert-OH is 1. The van der Waals surface area contributed by atoms with Gasteiger partial charge in [-0.1, -0.05) is 33.6 Å². The number of hydrogen-bond acceptors (Lipinski definition) is 2. The zero-order valence-electron chi connectivity index (χ0n) is 8.92. The number of rotatable bonds is 5. The Balaban J connectivity index is 1.86. The molecule has 16 heavy (non-hydrogen) atoms. The van der Waals surface area contributed by atoms with Crippen LogP contribution in [-0.2, 0) is 6.42 Å². The van der Waals surface area contributed by atoms with Crippen molar-refractivity contribution >= 4 is 27.5 Å². The summed E-state index contributed by atoms with van der Waals surface area (Å²) < 4.78 is 0.965. The third-order valence-electron chi connectivity index (χ3n) is 2.69. The second-order valence-electron chi connectivity index (χ2n) is 4.28. The minimum atomic E-state index is -0.362. The quantitative estimate of drug-likeness (QED) is 0.877. The molecule has 0 amide bonds. The molecule has 0 radical (unpaired) electrons. The van der Waals surface area contributed by atoms with Gasteiger partial charge in [0.15, 0.2) is 0 Å². The van der Waals surface area contributed by atoms with E-state index < -0.39 is 0 Å². The molecule has 0 aliphatic heterocycles. The van der Waals surface area contributed by atoms with Crippen molar-refractivity contribution in [2.24, 2.45) is 0 Å². The molecule has 1 aliphatic carbocycles. The number of halogens is 2. The van der Waals surface area contributed by atoms with Gasteiger partial charge in [0.05, 0.1) is 6.10 Å². The van der Waals surface area contributed by atoms with E-state index in [9.17, 15) is 5.11 Å². The molecule has 88 valence electrons. The van der Waals surface area contributed by atoms with Crippen molar-refractivity contribution in [1.29, 1.82) is 0 Å². The zero-order chi connectivity index (χ0) is 11.5. The maximum Gasteiger partial charge on any atom is 0.0705 e. The van der Waals surface area contributed by atoms with Crippen molar-refractivity contribution in [2.45, 2.75) is 31.4 Å². The molecule has 0 aromatic heterocycles. The number of aliphatic hydroxyl groups is 1. The van der Waals surface area contributed by atoms with Crippen LogP contribution in [0.1, 0.15) is 18.4 Å². The SMILES string of the molecule is OC(CNC1CC1)Cc1ccc(Br)cc1Cl. The van der Waals surface area contributed by atoms with Gasteiger partial charge in [0.25, 0.3) is 0 Å². The minimum Gasteiger partial charge on any atom is -0.391 e. The fourth-order valence-corrected chi connectivity index (χ4v) is 2.35. The van der Waals surface area contributed by atoms with Crippen LogP contribution in [-0.4, -0.2) is 23.8 Å². The van der Waals surface area contributed by atoms with E-state index in [0.717, 1.165) is 10.0 Å². The van der Waals surface area contributed by atoms with Crippen LogP contribution in [0.4, 0.5) is 0 Å². The molecule has 1 atom stereocenters. The topological polar surface area (TPSA) is 32.3 Å². The second kappa shape index (κ2) is 5.50. The number of nitrogens with one attached hydrogen (secondary N) is 1. The lowest BCUT2D eigenvalue weighted by Gasteiger charge is -2.12. The predicted octanol–water partition coefficient (Wildman–Crippen LogP) is 2.76. The molecule has 0 heterocycles. The molecule has 4 heteroatoms. The predicted molar refractivity (Wildman–Crippen MR) is 69.9 cm³/mol. The van der Waals surface area contributed by atoms with Crippen molar-refractivity contribution in [1.82, 2.24) is 5.32 Å². The van der Waals surface area contributed by atoms with Crippen LogP contribution >= 0.6 is 27.5 Å². The van der Waals surface area contributed by atoms with E-state index >= 15 is 0 Å². The molecule has 1 fully saturated rings. The highest BCUT2D eigenvalue weighted by atomic mass is 79.9. The van der Waals surface area contributed by atoms with Gasteiger partial charge in [0.1, 0.15) is 0 Å². The Hall–Kier alpha value is -0.0900. The summed E-state index contributed by atoms with van der Waals surface area (Å²) in [5.41, 5.74) is 0.995. The van der Waals surface area contributed by atoms with Gasteiger partial charge in [-0.2, -0.15) is 0 Å². The van der Waals surface area contributed by atoms with Gasteiger partial charge in [-0.25, -0.2) is 0 Å². The van der Waals surface area contributed by atoms with Gasteiger partial charge in [-0.3, -0.25) is 0 Å². The van der Waals surface area contributed by atoms with Gasteiger partial charge < -0.3 is 10.4 Å². The molecular formula is C12H15BrClNO. The Bertz CT molecular complexity index is 368. The molecule has 2 N–H and O–H groups in total. The molecule has 1 unspecified atom stereocenters. The van der Waals surface area contributed by atoms with E-state index in [4.69, 9.17) is 11.6 Å². The first-order valence-electron chi connectivity index (χ1n) is 5.50. The van der Waals surface area contributed by atoms with Crippen LogP contribution in [0.2, 0.25) is 5.02 Å². The first-order valence-corrected chi connectivity index (χ1v) is 6.67. The van der Waals surface area contributed by atoms with Crippen LogP contribution in [0.25, 0.3) is 0 Å². The summed E-state index contributed by atoms with van der Waals surface area (Å²) in [7, 11) is 0. The molecule has 2 rings (SSSR count). The van der Waals surface area contributed by atoms with Crippen molar-refractivity contribution in [2.75, 3.05) is 6.54 Å². The van der Waals surface area contributed by atoms with Crippen molar-refractivity contribution in [3.63, 3.8) is 0 Å². The number of benzene rings is 1. The van der Waals surface area contributed by atoms with Crippen LogP contribution in [0.15, 0.2) is 22.7 Å². The Kier molecular flexibility index (Phi) is 4.25. The average molecular weight is 305 g/mol. The van der Waals surface area contributed by atoms with Crippen LogP contribution < -0.4 is 5.32 Å². The summed E-state index contributed by atoms with van der Waals surface area (Å²) in [5, 5.41) is 13.9. The lowest BCUT2D eigenvalue weighted by atomic mass is 10.1. The van der Waals surface area contributed by atoms with E-state index in [1.165, 1.54) is 12.8 Å². The molecule has 1 saturated carbocycles. The smallest absolute Gasteiger partial charge is 0.0705 e. The summed E-state index contributed by atoms with van der Waals surface area (Å²) >= 11 is 9.45. The van der Waals surface area contributed by atoms with Crippen molar-refractivity contribution in [3.8, 4) is 0 Å². The minimum absolute atomic E-state index is 0.362. The van der Waals surface area contributed by atoms with Crippen molar-refractivity contribution < 1.29 is 5.11 Å². The standard InChI is InChI=1S/C12H15BrClNO/c13-9-2-1-8(12(14)6-9)5-11(16)7-15-10-3-4-10/h1-2,6,10-11,15-16H,3-5,7H2. The van der Waals surface area contributed by atoms with E-state index in [1.54, 1.807) is 0 Å². The monoisotopic (exact) mass is 303 g/mol. The maximum absolute atomic E-state index is 9.84. The summed E-state index contributed by atoms with van der Waals surface area (Å²) in [6, 6.07) is 6.39. The first kappa shape index (κ1) is 12.4. The van der Waals surface area contributed by atoms with Crippen LogP contribution in [0.5, 0.6) is 0 Å². The van der Waals surface area contributed by atoms with E-state index in [1.807, 2.05) is 18.2 Å². The molecule has 0 bridgehead atoms. The summed E-state index contributed by atoms with van der Waals surface area (Å²) in [6.45, 7) is 0.650. The van der Waals surface area contributed by atoms with Crippen LogP contribution in [0, 0.1) is 0 Å². The Labute approximate surface area is 109 Å². The van der Waals surface area contributed by atoms with Gasteiger partial charge >= 0.3 is 0 Å². The first-order chi connectivity index (χ1) is 7.65. The highest BCUT2D eigenvalue weighted by Gasteiger charge is 2.21. The molecular weight excluding hydrogens is 289 g/mol. The molecule has 1 aliphatic rings. The van der Waals surface area contributed by atoms with Crippen molar-refractivity contribution in [3.05, 3.63) is 33.3 Å². The summed E-state index contributed by atoms with van der Waals surface area (Å²) in [4.78, 5) is 0. The zero-order valence-corrected chi connectivity index (χ0v) is 11.3. The number of hydrogen-bond donors (Lipinski definition) is 2. The summed E-state index contributed by atoms with van der Waals surface area (Å²) in [6.07, 6.45) is 2.72. The Morgan fingerprint density at radius 3 is 2.88 bits per heavy atom. The molecule has 2 nitrogen and oxygen atoms in total. The normalized spacial score (nSPS) is 17.4. The molecule has 1 aromatic rings. The van der Waals surface area contributed by atoms with Gasteiger partial charge in [-0.05, 0) is 30.5 Å². The van der Waals surface area contributed by atoms with E-state index in [2.05, 4.69) is 21.2 Å². The average Bonchev–Trinajstić information content (AvgIpc) is 3.03. The maximum atomic E-state index is 9.84. The molecule has 0 saturated heterocycles. The van der Waals surface area contributed by atoms with E-state index in [0.29, 0.717) is 24.0 Å². The fraction of sp³-hybridized carbons (Fsp3) is 0.500. The Morgan fingerprint density at radius 2 is 2.25 bits per heavy atom. The van der Waals surface area contributed by atoms with E-state index in [-0.39, 0.29) is 6.10 Å². The fourth-order valence-electron chi connectivity index (χ4n) is 1.60. The second-order valence-corrected chi connectivity index (χ2v) is 5.60. The highest BCUT2D eigenvalue weighted by molar-refractivity contribution is 9.10. The van der Waals surface area contributed by atoms with Gasteiger partial charge in [0.2, 0.25) is 0 Å². The highest BCUT2D eigenvalue weighted by Crippen LogP contribution is 2.23. The summed E-state index contributed by atoms with van der Waals surface area (Å²) in [5.74, 6) is 0. The van der Waals surface area contributed by atoms with Crippen LogP contribution in [0.3, 0.4) is 0 Å². The third kappa shape index (κ3) is 3.74. The van der Waals surface area contributed by atoms with Gasteiger partial charge in [-0.15, -0.1) is 0 Å². The molecule has 1 aromatic carbocycles. The Morgan fingerprint density at radius 1 is 1.50 bits per heavy atom. The lowest BCUT2D eigenvalue weighted by Crippen LogP contribution is -2.29. The largest absolute Gasteiger partial charge is 0.391 e. The van der Waals surface area contributed by atoms with Gasteiger partial charge in [0, 0.05) is 28.5 Å².